The highest BCUT2D eigenvalue weighted by Crippen LogP contribution is 2.22. The molecule has 0 aliphatic rings. The average molecular weight is 235 g/mol. The first kappa shape index (κ1) is 11.2. The molecule has 0 aliphatic heterocycles. The van der Waals surface area contributed by atoms with Gasteiger partial charge in [0.25, 0.3) is 0 Å². The second kappa shape index (κ2) is 4.69. The zero-order valence-electron chi connectivity index (χ0n) is 8.56. The molecular formula is C12H7F2NO2. The molecule has 2 aromatic rings. The summed E-state index contributed by atoms with van der Waals surface area (Å²) in [5.74, 6) is -1.53. The Bertz CT molecular complexity index is 558. The third-order valence-corrected chi connectivity index (χ3v) is 2.00. The van der Waals surface area contributed by atoms with Crippen molar-refractivity contribution >= 4 is 6.29 Å². The molecule has 0 saturated heterocycles. The average Bonchev–Trinajstić information content (AvgIpc) is 2.34. The van der Waals surface area contributed by atoms with Crippen LogP contribution in [0.5, 0.6) is 11.5 Å². The highest BCUT2D eigenvalue weighted by Gasteiger charge is 2.04. The minimum atomic E-state index is -0.998. The summed E-state index contributed by atoms with van der Waals surface area (Å²) in [6.45, 7) is 0. The number of pyridine rings is 1. The zero-order valence-corrected chi connectivity index (χ0v) is 8.56. The van der Waals surface area contributed by atoms with Crippen LogP contribution in [-0.4, -0.2) is 11.3 Å². The lowest BCUT2D eigenvalue weighted by Crippen LogP contribution is -1.90. The molecule has 0 spiro atoms. The lowest BCUT2D eigenvalue weighted by molar-refractivity contribution is 0.112. The van der Waals surface area contributed by atoms with Gasteiger partial charge in [0.2, 0.25) is 0 Å². The Kier molecular flexibility index (Phi) is 3.09. The molecule has 3 nitrogen and oxygen atoms in total. The van der Waals surface area contributed by atoms with Crippen LogP contribution < -0.4 is 4.74 Å². The molecule has 0 saturated carbocycles. The Morgan fingerprint density at radius 2 is 1.88 bits per heavy atom. The first-order chi connectivity index (χ1) is 8.19. The molecule has 1 heterocycles. The minimum Gasteiger partial charge on any atom is -0.456 e. The summed E-state index contributed by atoms with van der Waals surface area (Å²) in [5.41, 5.74) is 0.338. The number of halogens is 2. The summed E-state index contributed by atoms with van der Waals surface area (Å²) in [4.78, 5) is 14.3. The van der Waals surface area contributed by atoms with Crippen molar-refractivity contribution in [1.82, 2.24) is 4.98 Å². The number of aldehydes is 1. The van der Waals surface area contributed by atoms with Gasteiger partial charge in [-0.2, -0.15) is 0 Å². The van der Waals surface area contributed by atoms with Crippen molar-refractivity contribution in [3.63, 3.8) is 0 Å². The van der Waals surface area contributed by atoms with E-state index in [4.69, 9.17) is 4.74 Å². The number of aromatic nitrogens is 1. The highest BCUT2D eigenvalue weighted by molar-refractivity contribution is 5.74. The molecule has 5 heteroatoms. The zero-order chi connectivity index (χ0) is 12.3. The quantitative estimate of drug-likeness (QED) is 0.768. The molecule has 17 heavy (non-hydrogen) atoms. The van der Waals surface area contributed by atoms with E-state index < -0.39 is 11.6 Å². The van der Waals surface area contributed by atoms with Crippen molar-refractivity contribution in [3.05, 3.63) is 53.9 Å². The highest BCUT2D eigenvalue weighted by atomic mass is 19.2. The minimum absolute atomic E-state index is 0.133. The molecule has 0 aliphatic carbocycles. The van der Waals surface area contributed by atoms with Gasteiger partial charge in [0.1, 0.15) is 11.5 Å². The number of hydrogen-bond acceptors (Lipinski definition) is 3. The van der Waals surface area contributed by atoms with Crippen molar-refractivity contribution in [3.8, 4) is 11.5 Å². The van der Waals surface area contributed by atoms with E-state index in [0.717, 1.165) is 12.1 Å². The summed E-state index contributed by atoms with van der Waals surface area (Å²) >= 11 is 0. The van der Waals surface area contributed by atoms with Crippen LogP contribution in [0.4, 0.5) is 8.78 Å². The molecule has 0 bridgehead atoms. The smallest absolute Gasteiger partial charge is 0.162 e. The molecular weight excluding hydrogens is 228 g/mol. The third-order valence-electron chi connectivity index (χ3n) is 2.00. The van der Waals surface area contributed by atoms with Crippen LogP contribution in [0.15, 0.2) is 36.7 Å². The van der Waals surface area contributed by atoms with Gasteiger partial charge in [-0.15, -0.1) is 0 Å². The number of ether oxygens (including phenoxy) is 1. The molecule has 0 radical (unpaired) electrons. The molecule has 0 N–H and O–H groups in total. The van der Waals surface area contributed by atoms with Crippen molar-refractivity contribution in [2.45, 2.75) is 0 Å². The molecule has 0 fully saturated rings. The van der Waals surface area contributed by atoms with Gasteiger partial charge in [0, 0.05) is 17.8 Å². The van der Waals surface area contributed by atoms with Gasteiger partial charge in [-0.3, -0.25) is 9.78 Å². The van der Waals surface area contributed by atoms with Crippen LogP contribution in [-0.2, 0) is 0 Å². The van der Waals surface area contributed by atoms with Gasteiger partial charge in [0.05, 0.1) is 6.20 Å². The van der Waals surface area contributed by atoms with Crippen LogP contribution in [0.25, 0.3) is 0 Å². The van der Waals surface area contributed by atoms with E-state index in [1.807, 2.05) is 0 Å². The molecule has 2 rings (SSSR count). The van der Waals surface area contributed by atoms with E-state index in [-0.39, 0.29) is 11.5 Å². The van der Waals surface area contributed by atoms with E-state index in [1.165, 1.54) is 24.5 Å². The standard InChI is InChI=1S/C12H7F2NO2/c13-11-2-1-9(4-12(11)14)17-10-3-8(7-16)5-15-6-10/h1-7H. The summed E-state index contributed by atoms with van der Waals surface area (Å²) in [6, 6.07) is 4.61. The molecule has 86 valence electrons. The van der Waals surface area contributed by atoms with Gasteiger partial charge in [-0.25, -0.2) is 8.78 Å². The van der Waals surface area contributed by atoms with E-state index in [2.05, 4.69) is 4.98 Å². The van der Waals surface area contributed by atoms with Crippen LogP contribution in [0.2, 0.25) is 0 Å². The first-order valence-electron chi connectivity index (χ1n) is 4.72. The van der Waals surface area contributed by atoms with Gasteiger partial charge >= 0.3 is 0 Å². The first-order valence-corrected chi connectivity index (χ1v) is 4.72. The SMILES string of the molecule is O=Cc1cncc(Oc2ccc(F)c(F)c2)c1. The maximum atomic E-state index is 12.9. The molecule has 0 atom stereocenters. The monoisotopic (exact) mass is 235 g/mol. The van der Waals surface area contributed by atoms with E-state index in [1.54, 1.807) is 0 Å². The Balaban J connectivity index is 2.24. The molecule has 0 unspecified atom stereocenters. The maximum Gasteiger partial charge on any atom is 0.162 e. The van der Waals surface area contributed by atoms with Gasteiger partial charge in [-0.1, -0.05) is 0 Å². The second-order valence-corrected chi connectivity index (χ2v) is 3.25. The topological polar surface area (TPSA) is 39.2 Å². The van der Waals surface area contributed by atoms with Crippen molar-refractivity contribution in [1.29, 1.82) is 0 Å². The lowest BCUT2D eigenvalue weighted by Gasteiger charge is -2.05. The normalized spacial score (nSPS) is 10.0. The van der Waals surface area contributed by atoms with Gasteiger partial charge < -0.3 is 4.74 Å². The Hall–Kier alpha value is -2.30. The van der Waals surface area contributed by atoms with Gasteiger partial charge in [0.15, 0.2) is 17.9 Å². The number of benzene rings is 1. The predicted octanol–water partition coefficient (Wildman–Crippen LogP) is 2.96. The Morgan fingerprint density at radius 1 is 1.06 bits per heavy atom. The van der Waals surface area contributed by atoms with Gasteiger partial charge in [-0.05, 0) is 18.2 Å². The van der Waals surface area contributed by atoms with Crippen LogP contribution in [0, 0.1) is 11.6 Å². The Morgan fingerprint density at radius 3 is 2.59 bits per heavy atom. The lowest BCUT2D eigenvalue weighted by atomic mass is 10.3. The van der Waals surface area contributed by atoms with Crippen molar-refractivity contribution in [2.75, 3.05) is 0 Å². The molecule has 1 aromatic carbocycles. The van der Waals surface area contributed by atoms with Crippen LogP contribution >= 0.6 is 0 Å². The summed E-state index contributed by atoms with van der Waals surface area (Å²) < 4.78 is 30.8. The number of hydrogen-bond donors (Lipinski definition) is 0. The second-order valence-electron chi connectivity index (χ2n) is 3.25. The van der Waals surface area contributed by atoms with Crippen LogP contribution in [0.1, 0.15) is 10.4 Å². The van der Waals surface area contributed by atoms with Crippen LogP contribution in [0.3, 0.4) is 0 Å². The predicted molar refractivity (Wildman–Crippen MR) is 56.1 cm³/mol. The molecule has 0 amide bonds. The third kappa shape index (κ3) is 2.63. The largest absolute Gasteiger partial charge is 0.456 e. The summed E-state index contributed by atoms with van der Waals surface area (Å²) in [6.07, 6.45) is 3.35. The number of carbonyl (C=O) groups excluding carboxylic acids is 1. The van der Waals surface area contributed by atoms with E-state index in [9.17, 15) is 13.6 Å². The fraction of sp³-hybridized carbons (Fsp3) is 0. The molecule has 1 aromatic heterocycles. The fourth-order valence-corrected chi connectivity index (χ4v) is 1.23. The van der Waals surface area contributed by atoms with E-state index >= 15 is 0 Å². The number of rotatable bonds is 3. The number of carbonyl (C=O) groups is 1. The fourth-order valence-electron chi connectivity index (χ4n) is 1.23. The van der Waals surface area contributed by atoms with Crippen molar-refractivity contribution < 1.29 is 18.3 Å². The Labute approximate surface area is 95.7 Å². The van der Waals surface area contributed by atoms with E-state index in [0.29, 0.717) is 11.8 Å². The number of nitrogens with zero attached hydrogens (tertiary/aromatic N) is 1. The summed E-state index contributed by atoms with van der Waals surface area (Å²) in [7, 11) is 0. The van der Waals surface area contributed by atoms with Crippen molar-refractivity contribution in [2.24, 2.45) is 0 Å². The maximum absolute atomic E-state index is 12.9. The summed E-state index contributed by atoms with van der Waals surface area (Å²) in [5, 5.41) is 0.